The van der Waals surface area contributed by atoms with Gasteiger partial charge in [0.25, 0.3) is 5.69 Å². The highest BCUT2D eigenvalue weighted by atomic mass is 32.2. The summed E-state index contributed by atoms with van der Waals surface area (Å²) in [6.07, 6.45) is 1.78. The fourth-order valence-corrected chi connectivity index (χ4v) is 4.63. The molecule has 0 unspecified atom stereocenters. The Labute approximate surface area is 149 Å². The van der Waals surface area contributed by atoms with E-state index in [2.05, 4.69) is 9.97 Å². The number of fused-ring (bicyclic) bond motifs is 1. The topological polar surface area (TPSA) is 109 Å². The molecule has 8 nitrogen and oxygen atoms in total. The van der Waals surface area contributed by atoms with Gasteiger partial charge >= 0.3 is 0 Å². The molecule has 1 aliphatic rings. The van der Waals surface area contributed by atoms with E-state index in [9.17, 15) is 18.5 Å². The van der Waals surface area contributed by atoms with Crippen molar-refractivity contribution >= 4 is 26.7 Å². The zero-order valence-corrected chi connectivity index (χ0v) is 14.6. The van der Waals surface area contributed by atoms with Crippen LogP contribution in [0.2, 0.25) is 0 Å². The Bertz CT molecular complexity index is 1080. The molecule has 0 bridgehead atoms. The predicted molar refractivity (Wildman–Crippen MR) is 96.2 cm³/mol. The number of hydrogen-bond acceptors (Lipinski definition) is 5. The highest BCUT2D eigenvalue weighted by molar-refractivity contribution is 7.89. The molecule has 0 amide bonds. The van der Waals surface area contributed by atoms with Gasteiger partial charge in [0.2, 0.25) is 10.0 Å². The maximum Gasteiger partial charge on any atom is 0.271 e. The minimum Gasteiger partial charge on any atom is -0.338 e. The molecule has 9 heteroatoms. The molecular formula is C17H16N4O4S. The summed E-state index contributed by atoms with van der Waals surface area (Å²) in [5.41, 5.74) is 1.87. The smallest absolute Gasteiger partial charge is 0.271 e. The third kappa shape index (κ3) is 2.85. The monoisotopic (exact) mass is 372 g/mol. The van der Waals surface area contributed by atoms with Gasteiger partial charge in [-0.15, -0.1) is 0 Å². The summed E-state index contributed by atoms with van der Waals surface area (Å²) in [6.45, 7) is 1.12. The van der Waals surface area contributed by atoms with Crippen molar-refractivity contribution in [3.8, 4) is 11.4 Å². The van der Waals surface area contributed by atoms with Crippen LogP contribution < -0.4 is 0 Å². The van der Waals surface area contributed by atoms with Gasteiger partial charge in [-0.25, -0.2) is 13.4 Å². The number of H-pyrrole nitrogens is 1. The standard InChI is InChI=1S/C17H16N4O4S/c22-21(23)13-5-8-15-16(11-13)19-17(18-15)12-3-6-14(7-4-12)26(24,25)20-9-1-2-10-20/h3-8,11H,1-2,9-10H2,(H,18,19). The second-order valence-electron chi connectivity index (χ2n) is 6.18. The highest BCUT2D eigenvalue weighted by Gasteiger charge is 2.27. The number of sulfonamides is 1. The zero-order valence-electron chi connectivity index (χ0n) is 13.8. The number of nitrogens with one attached hydrogen (secondary N) is 1. The first-order chi connectivity index (χ1) is 12.4. The average molecular weight is 372 g/mol. The van der Waals surface area contributed by atoms with Crippen molar-refractivity contribution < 1.29 is 13.3 Å². The van der Waals surface area contributed by atoms with Gasteiger partial charge in [-0.3, -0.25) is 10.1 Å². The number of imidazole rings is 1. The summed E-state index contributed by atoms with van der Waals surface area (Å²) in [4.78, 5) is 18.1. The molecule has 134 valence electrons. The van der Waals surface area contributed by atoms with Gasteiger partial charge in [-0.05, 0) is 43.2 Å². The van der Waals surface area contributed by atoms with E-state index in [1.807, 2.05) is 0 Å². The lowest BCUT2D eigenvalue weighted by atomic mass is 10.2. The lowest BCUT2D eigenvalue weighted by Crippen LogP contribution is -2.27. The van der Waals surface area contributed by atoms with Crippen molar-refractivity contribution in [3.63, 3.8) is 0 Å². The maximum absolute atomic E-state index is 12.6. The van der Waals surface area contributed by atoms with Crippen LogP contribution >= 0.6 is 0 Å². The number of hydrogen-bond donors (Lipinski definition) is 1. The molecule has 1 fully saturated rings. The normalized spacial score (nSPS) is 15.5. The Morgan fingerprint density at radius 1 is 1.08 bits per heavy atom. The van der Waals surface area contributed by atoms with E-state index in [-0.39, 0.29) is 10.6 Å². The number of aromatic nitrogens is 2. The largest absolute Gasteiger partial charge is 0.338 e. The third-order valence-corrected chi connectivity index (χ3v) is 6.42. The van der Waals surface area contributed by atoms with Crippen LogP contribution in [0, 0.1) is 10.1 Å². The van der Waals surface area contributed by atoms with Crippen molar-refractivity contribution in [1.82, 2.24) is 14.3 Å². The molecular weight excluding hydrogens is 356 g/mol. The Kier molecular flexibility index (Phi) is 3.97. The van der Waals surface area contributed by atoms with Gasteiger partial charge in [0.05, 0.1) is 20.9 Å². The SMILES string of the molecule is O=[N+]([O-])c1ccc2nc(-c3ccc(S(=O)(=O)N4CCCC4)cc3)[nH]c2c1. The van der Waals surface area contributed by atoms with Gasteiger partial charge in [0.1, 0.15) is 5.82 Å². The van der Waals surface area contributed by atoms with Crippen LogP contribution in [-0.4, -0.2) is 40.7 Å². The van der Waals surface area contributed by atoms with Crippen LogP contribution in [-0.2, 0) is 10.0 Å². The molecule has 3 aromatic rings. The van der Waals surface area contributed by atoms with E-state index < -0.39 is 14.9 Å². The molecule has 4 rings (SSSR count). The van der Waals surface area contributed by atoms with E-state index in [0.717, 1.165) is 12.8 Å². The van der Waals surface area contributed by atoms with E-state index >= 15 is 0 Å². The van der Waals surface area contributed by atoms with Crippen LogP contribution in [0.4, 0.5) is 5.69 Å². The number of aromatic amines is 1. The van der Waals surface area contributed by atoms with Crippen molar-refractivity contribution in [2.75, 3.05) is 13.1 Å². The van der Waals surface area contributed by atoms with Gasteiger partial charge in [-0.2, -0.15) is 4.31 Å². The zero-order chi connectivity index (χ0) is 18.3. The quantitative estimate of drug-likeness (QED) is 0.559. The summed E-state index contributed by atoms with van der Waals surface area (Å²) in [5.74, 6) is 0.533. The minimum atomic E-state index is -3.45. The van der Waals surface area contributed by atoms with Crippen molar-refractivity contribution in [2.45, 2.75) is 17.7 Å². The first-order valence-corrected chi connectivity index (χ1v) is 9.64. The Balaban J connectivity index is 1.66. The van der Waals surface area contributed by atoms with Gasteiger partial charge < -0.3 is 4.98 Å². The summed E-state index contributed by atoms with van der Waals surface area (Å²) in [5, 5.41) is 10.9. The summed E-state index contributed by atoms with van der Waals surface area (Å²) in [7, 11) is -3.45. The molecule has 1 aromatic heterocycles. The summed E-state index contributed by atoms with van der Waals surface area (Å²) >= 11 is 0. The lowest BCUT2D eigenvalue weighted by Gasteiger charge is -2.15. The Morgan fingerprint density at radius 3 is 2.42 bits per heavy atom. The molecule has 0 radical (unpaired) electrons. The Morgan fingerprint density at radius 2 is 1.77 bits per heavy atom. The molecule has 0 aliphatic carbocycles. The molecule has 1 saturated heterocycles. The van der Waals surface area contributed by atoms with Crippen LogP contribution in [0.25, 0.3) is 22.4 Å². The number of rotatable bonds is 4. The number of nitro benzene ring substituents is 1. The van der Waals surface area contributed by atoms with Crippen LogP contribution in [0.15, 0.2) is 47.4 Å². The Hall–Kier alpha value is -2.78. The van der Waals surface area contributed by atoms with Crippen LogP contribution in [0.3, 0.4) is 0 Å². The maximum atomic E-state index is 12.6. The van der Waals surface area contributed by atoms with Crippen molar-refractivity contribution in [3.05, 3.63) is 52.6 Å². The first-order valence-electron chi connectivity index (χ1n) is 8.20. The highest BCUT2D eigenvalue weighted by Crippen LogP contribution is 2.26. The second-order valence-corrected chi connectivity index (χ2v) is 8.12. The minimum absolute atomic E-state index is 0.0141. The summed E-state index contributed by atoms with van der Waals surface area (Å²) < 4.78 is 26.6. The van der Waals surface area contributed by atoms with E-state index in [0.29, 0.717) is 35.5 Å². The second kappa shape index (κ2) is 6.19. The van der Waals surface area contributed by atoms with E-state index in [4.69, 9.17) is 0 Å². The average Bonchev–Trinajstić information content (AvgIpc) is 3.31. The molecule has 1 N–H and O–H groups in total. The van der Waals surface area contributed by atoms with Crippen LogP contribution in [0.5, 0.6) is 0 Å². The summed E-state index contributed by atoms with van der Waals surface area (Å²) in [6, 6.07) is 10.9. The number of non-ortho nitro benzene ring substituents is 1. The molecule has 0 saturated carbocycles. The molecule has 1 aliphatic heterocycles. The van der Waals surface area contributed by atoms with Crippen LogP contribution in [0.1, 0.15) is 12.8 Å². The lowest BCUT2D eigenvalue weighted by molar-refractivity contribution is -0.384. The van der Waals surface area contributed by atoms with E-state index in [1.54, 1.807) is 30.3 Å². The molecule has 2 heterocycles. The van der Waals surface area contributed by atoms with Crippen molar-refractivity contribution in [1.29, 1.82) is 0 Å². The number of nitro groups is 1. The molecule has 2 aromatic carbocycles. The third-order valence-electron chi connectivity index (χ3n) is 4.51. The molecule has 26 heavy (non-hydrogen) atoms. The first kappa shape index (κ1) is 16.7. The van der Waals surface area contributed by atoms with Gasteiger partial charge in [-0.1, -0.05) is 0 Å². The molecule has 0 atom stereocenters. The molecule has 0 spiro atoms. The fraction of sp³-hybridized carbons (Fsp3) is 0.235. The predicted octanol–water partition coefficient (Wildman–Crippen LogP) is 2.92. The number of nitrogens with zero attached hydrogens (tertiary/aromatic N) is 3. The van der Waals surface area contributed by atoms with E-state index in [1.165, 1.54) is 16.4 Å². The fourth-order valence-electron chi connectivity index (χ4n) is 3.11. The van der Waals surface area contributed by atoms with Gasteiger partial charge in [0.15, 0.2) is 0 Å². The van der Waals surface area contributed by atoms with Gasteiger partial charge in [0, 0.05) is 30.8 Å². The number of benzene rings is 2. The van der Waals surface area contributed by atoms with Crippen molar-refractivity contribution in [2.24, 2.45) is 0 Å².